The zero-order valence-corrected chi connectivity index (χ0v) is 9.61. The number of hydrogen-bond donors (Lipinski definition) is 0. The number of nitrogens with zero attached hydrogens (tertiary/aromatic N) is 1. The first-order valence-corrected chi connectivity index (χ1v) is 5.08. The maximum Gasteiger partial charge on any atom is 0.256 e. The monoisotopic (exact) mass is 233 g/mol. The molecule has 0 amide bonds. The van der Waals surface area contributed by atoms with E-state index >= 15 is 0 Å². The third-order valence-corrected chi connectivity index (χ3v) is 2.39. The molecule has 0 saturated carbocycles. The van der Waals surface area contributed by atoms with E-state index in [1.807, 2.05) is 6.07 Å². The van der Waals surface area contributed by atoms with Crippen molar-refractivity contribution in [2.45, 2.75) is 0 Å². The number of benzene rings is 1. The number of halogens is 1. The lowest BCUT2D eigenvalue weighted by atomic mass is 10.1. The highest BCUT2D eigenvalue weighted by Crippen LogP contribution is 2.29. The first-order chi connectivity index (χ1) is 8.24. The van der Waals surface area contributed by atoms with Crippen molar-refractivity contribution in [3.63, 3.8) is 0 Å². The van der Waals surface area contributed by atoms with Gasteiger partial charge in [0.15, 0.2) is 5.75 Å². The molecule has 0 aliphatic rings. The Bertz CT molecular complexity index is 529. The van der Waals surface area contributed by atoms with Crippen LogP contribution in [0.1, 0.15) is 0 Å². The van der Waals surface area contributed by atoms with Crippen molar-refractivity contribution in [2.75, 3.05) is 14.2 Å². The van der Waals surface area contributed by atoms with Crippen molar-refractivity contribution in [1.82, 2.24) is 4.98 Å². The summed E-state index contributed by atoms with van der Waals surface area (Å²) in [7, 11) is 3.06. The largest absolute Gasteiger partial charge is 0.491 e. The summed E-state index contributed by atoms with van der Waals surface area (Å²) >= 11 is 0. The van der Waals surface area contributed by atoms with Crippen LogP contribution < -0.4 is 9.47 Å². The van der Waals surface area contributed by atoms with Crippen LogP contribution >= 0.6 is 0 Å². The van der Waals surface area contributed by atoms with E-state index < -0.39 is 0 Å². The fourth-order valence-corrected chi connectivity index (χ4v) is 1.56. The molecule has 0 spiro atoms. The Hall–Kier alpha value is -2.10. The third-order valence-electron chi connectivity index (χ3n) is 2.39. The van der Waals surface area contributed by atoms with Crippen LogP contribution in [-0.2, 0) is 0 Å². The van der Waals surface area contributed by atoms with E-state index in [0.717, 1.165) is 11.1 Å². The molecule has 3 nitrogen and oxygen atoms in total. The van der Waals surface area contributed by atoms with E-state index in [1.54, 1.807) is 18.3 Å². The standard InChI is InChI=1S/C13H12FNO2/c1-16-12-7-10(8-15-13(12)17-2)9-4-3-5-11(14)6-9/h3-8H,1-2H3. The topological polar surface area (TPSA) is 31.4 Å². The second-order valence-corrected chi connectivity index (χ2v) is 3.45. The Morgan fingerprint density at radius 1 is 1.06 bits per heavy atom. The molecule has 88 valence electrons. The fraction of sp³-hybridized carbons (Fsp3) is 0.154. The highest BCUT2D eigenvalue weighted by Gasteiger charge is 2.07. The molecule has 1 aromatic heterocycles. The van der Waals surface area contributed by atoms with Gasteiger partial charge in [0.25, 0.3) is 5.88 Å². The third kappa shape index (κ3) is 2.36. The molecule has 2 aromatic rings. The molecule has 2 rings (SSSR count). The lowest BCUT2D eigenvalue weighted by molar-refractivity contribution is 0.343. The van der Waals surface area contributed by atoms with Crippen LogP contribution in [-0.4, -0.2) is 19.2 Å². The molecule has 4 heteroatoms. The minimum Gasteiger partial charge on any atom is -0.491 e. The van der Waals surface area contributed by atoms with E-state index in [2.05, 4.69) is 4.98 Å². The summed E-state index contributed by atoms with van der Waals surface area (Å²) in [6.07, 6.45) is 1.62. The Labute approximate surface area is 98.8 Å². The van der Waals surface area contributed by atoms with Crippen molar-refractivity contribution in [2.24, 2.45) is 0 Å². The van der Waals surface area contributed by atoms with E-state index in [4.69, 9.17) is 9.47 Å². The number of pyridine rings is 1. The summed E-state index contributed by atoms with van der Waals surface area (Å²) in [6.45, 7) is 0. The van der Waals surface area contributed by atoms with E-state index in [9.17, 15) is 4.39 Å². The molecule has 1 heterocycles. The number of ether oxygens (including phenoxy) is 2. The van der Waals surface area contributed by atoms with Crippen molar-refractivity contribution in [3.05, 3.63) is 42.3 Å². The van der Waals surface area contributed by atoms with Crippen molar-refractivity contribution < 1.29 is 13.9 Å². The van der Waals surface area contributed by atoms with Crippen LogP contribution in [0.4, 0.5) is 4.39 Å². The molecule has 0 radical (unpaired) electrons. The molecule has 1 aromatic carbocycles. The van der Waals surface area contributed by atoms with Crippen LogP contribution in [0.5, 0.6) is 11.6 Å². The molecule has 0 aliphatic heterocycles. The van der Waals surface area contributed by atoms with Gasteiger partial charge in [-0.05, 0) is 23.8 Å². The molecule has 0 fully saturated rings. The minimum atomic E-state index is -0.280. The van der Waals surface area contributed by atoms with Gasteiger partial charge in [-0.15, -0.1) is 0 Å². The minimum absolute atomic E-state index is 0.280. The second kappa shape index (κ2) is 4.82. The van der Waals surface area contributed by atoms with Crippen molar-refractivity contribution >= 4 is 0 Å². The van der Waals surface area contributed by atoms with Crippen LogP contribution in [0.3, 0.4) is 0 Å². The number of aromatic nitrogens is 1. The highest BCUT2D eigenvalue weighted by molar-refractivity contribution is 5.65. The van der Waals surface area contributed by atoms with Gasteiger partial charge in [-0.2, -0.15) is 0 Å². The van der Waals surface area contributed by atoms with Crippen LogP contribution in [0.2, 0.25) is 0 Å². The van der Waals surface area contributed by atoms with E-state index in [0.29, 0.717) is 11.6 Å². The van der Waals surface area contributed by atoms with Crippen molar-refractivity contribution in [3.8, 4) is 22.8 Å². The predicted molar refractivity (Wildman–Crippen MR) is 62.7 cm³/mol. The maximum absolute atomic E-state index is 13.1. The fourth-order valence-electron chi connectivity index (χ4n) is 1.56. The van der Waals surface area contributed by atoms with Gasteiger partial charge in [0.2, 0.25) is 0 Å². The molecule has 17 heavy (non-hydrogen) atoms. The summed E-state index contributed by atoms with van der Waals surface area (Å²) in [4.78, 5) is 4.10. The predicted octanol–water partition coefficient (Wildman–Crippen LogP) is 2.90. The summed E-state index contributed by atoms with van der Waals surface area (Å²) in [6, 6.07) is 8.08. The average molecular weight is 233 g/mol. The lowest BCUT2D eigenvalue weighted by Crippen LogP contribution is -1.94. The smallest absolute Gasteiger partial charge is 0.256 e. The zero-order valence-electron chi connectivity index (χ0n) is 9.61. The molecule has 0 atom stereocenters. The Morgan fingerprint density at radius 2 is 1.88 bits per heavy atom. The Kier molecular flexibility index (Phi) is 3.23. The Morgan fingerprint density at radius 3 is 2.53 bits per heavy atom. The van der Waals surface area contributed by atoms with Gasteiger partial charge in [0, 0.05) is 11.8 Å². The molecule has 0 unspecified atom stereocenters. The lowest BCUT2D eigenvalue weighted by Gasteiger charge is -2.08. The maximum atomic E-state index is 13.1. The average Bonchev–Trinajstić information content (AvgIpc) is 2.38. The highest BCUT2D eigenvalue weighted by atomic mass is 19.1. The van der Waals surface area contributed by atoms with Crippen LogP contribution in [0.15, 0.2) is 36.5 Å². The van der Waals surface area contributed by atoms with E-state index in [-0.39, 0.29) is 5.82 Å². The molecular formula is C13H12FNO2. The summed E-state index contributed by atoms with van der Waals surface area (Å²) in [5, 5.41) is 0. The first-order valence-electron chi connectivity index (χ1n) is 5.08. The van der Waals surface area contributed by atoms with Crippen LogP contribution in [0.25, 0.3) is 11.1 Å². The normalized spacial score (nSPS) is 10.1. The van der Waals surface area contributed by atoms with Gasteiger partial charge in [0.05, 0.1) is 14.2 Å². The van der Waals surface area contributed by atoms with Gasteiger partial charge in [-0.3, -0.25) is 0 Å². The number of rotatable bonds is 3. The SMILES string of the molecule is COc1cc(-c2cccc(F)c2)cnc1OC. The van der Waals surface area contributed by atoms with Gasteiger partial charge in [0.1, 0.15) is 5.82 Å². The van der Waals surface area contributed by atoms with Gasteiger partial charge in [-0.1, -0.05) is 12.1 Å². The molecule has 0 bridgehead atoms. The second-order valence-electron chi connectivity index (χ2n) is 3.45. The number of hydrogen-bond acceptors (Lipinski definition) is 3. The number of methoxy groups -OCH3 is 2. The van der Waals surface area contributed by atoms with Gasteiger partial charge < -0.3 is 9.47 Å². The summed E-state index contributed by atoms with van der Waals surface area (Å²) < 4.78 is 23.3. The molecule has 0 aliphatic carbocycles. The summed E-state index contributed by atoms with van der Waals surface area (Å²) in [5.74, 6) is 0.652. The quantitative estimate of drug-likeness (QED) is 0.816. The molecule has 0 saturated heterocycles. The van der Waals surface area contributed by atoms with E-state index in [1.165, 1.54) is 26.4 Å². The zero-order chi connectivity index (χ0) is 12.3. The van der Waals surface area contributed by atoms with Gasteiger partial charge in [-0.25, -0.2) is 9.37 Å². The first kappa shape index (κ1) is 11.4. The van der Waals surface area contributed by atoms with Gasteiger partial charge >= 0.3 is 0 Å². The molecular weight excluding hydrogens is 221 g/mol. The Balaban J connectivity index is 2.46. The molecule has 0 N–H and O–H groups in total. The van der Waals surface area contributed by atoms with Crippen molar-refractivity contribution in [1.29, 1.82) is 0 Å². The van der Waals surface area contributed by atoms with Crippen LogP contribution in [0, 0.1) is 5.82 Å². The summed E-state index contributed by atoms with van der Waals surface area (Å²) in [5.41, 5.74) is 1.53.